The molecule has 0 aliphatic rings. The molecule has 0 aliphatic heterocycles. The van der Waals surface area contributed by atoms with Crippen molar-refractivity contribution in [1.29, 1.82) is 0 Å². The number of benzene rings is 1. The van der Waals surface area contributed by atoms with Crippen LogP contribution in [0, 0.1) is 5.82 Å². The SMILES string of the molecule is CCNC(Cc1ccc(F)cc1)Cc1ncnn1C. The minimum Gasteiger partial charge on any atom is -0.313 e. The lowest BCUT2D eigenvalue weighted by atomic mass is 10.0. The van der Waals surface area contributed by atoms with Gasteiger partial charge in [0.15, 0.2) is 0 Å². The summed E-state index contributed by atoms with van der Waals surface area (Å²) < 4.78 is 14.7. The summed E-state index contributed by atoms with van der Waals surface area (Å²) in [5.74, 6) is 0.755. The molecular formula is C14H19FN4. The molecule has 0 radical (unpaired) electrons. The van der Waals surface area contributed by atoms with Gasteiger partial charge in [0.05, 0.1) is 0 Å². The minimum absolute atomic E-state index is 0.197. The van der Waals surface area contributed by atoms with Crippen molar-refractivity contribution in [2.75, 3.05) is 6.54 Å². The average molecular weight is 262 g/mol. The fourth-order valence-corrected chi connectivity index (χ4v) is 2.14. The van der Waals surface area contributed by atoms with Crippen molar-refractivity contribution in [2.45, 2.75) is 25.8 Å². The van der Waals surface area contributed by atoms with Crippen molar-refractivity contribution in [2.24, 2.45) is 7.05 Å². The van der Waals surface area contributed by atoms with E-state index in [9.17, 15) is 4.39 Å². The molecule has 2 aromatic rings. The van der Waals surface area contributed by atoms with Gasteiger partial charge in [-0.2, -0.15) is 5.10 Å². The number of halogens is 1. The Morgan fingerprint density at radius 2 is 2.00 bits per heavy atom. The molecular weight excluding hydrogens is 243 g/mol. The van der Waals surface area contributed by atoms with Crippen molar-refractivity contribution < 1.29 is 4.39 Å². The first-order valence-corrected chi connectivity index (χ1v) is 6.49. The van der Waals surface area contributed by atoms with Crippen LogP contribution < -0.4 is 5.32 Å². The zero-order valence-electron chi connectivity index (χ0n) is 11.3. The van der Waals surface area contributed by atoms with Gasteiger partial charge >= 0.3 is 0 Å². The highest BCUT2D eigenvalue weighted by molar-refractivity contribution is 5.17. The van der Waals surface area contributed by atoms with Crippen LogP contribution in [0.3, 0.4) is 0 Å². The Morgan fingerprint density at radius 1 is 1.26 bits per heavy atom. The summed E-state index contributed by atoms with van der Waals surface area (Å²) in [6.45, 7) is 2.97. The fourth-order valence-electron chi connectivity index (χ4n) is 2.14. The largest absolute Gasteiger partial charge is 0.313 e. The second kappa shape index (κ2) is 6.43. The van der Waals surface area contributed by atoms with Gasteiger partial charge in [-0.1, -0.05) is 19.1 Å². The minimum atomic E-state index is -0.197. The number of rotatable bonds is 6. The second-order valence-corrected chi connectivity index (χ2v) is 4.59. The van der Waals surface area contributed by atoms with E-state index in [-0.39, 0.29) is 11.9 Å². The molecule has 0 saturated carbocycles. The molecule has 4 nitrogen and oxygen atoms in total. The van der Waals surface area contributed by atoms with Crippen molar-refractivity contribution in [3.8, 4) is 0 Å². The Hall–Kier alpha value is -1.75. The molecule has 0 amide bonds. The van der Waals surface area contributed by atoms with Gasteiger partial charge in [0.1, 0.15) is 18.0 Å². The number of likely N-dealkylation sites (N-methyl/N-ethyl adjacent to an activating group) is 1. The Labute approximate surface area is 112 Å². The van der Waals surface area contributed by atoms with Crippen LogP contribution in [0.4, 0.5) is 4.39 Å². The summed E-state index contributed by atoms with van der Waals surface area (Å²) in [6.07, 6.45) is 3.22. The Balaban J connectivity index is 2.03. The zero-order chi connectivity index (χ0) is 13.7. The third-order valence-electron chi connectivity index (χ3n) is 3.12. The lowest BCUT2D eigenvalue weighted by Crippen LogP contribution is -2.34. The molecule has 0 saturated heterocycles. The molecule has 19 heavy (non-hydrogen) atoms. The summed E-state index contributed by atoms with van der Waals surface area (Å²) in [6, 6.07) is 6.94. The lowest BCUT2D eigenvalue weighted by Gasteiger charge is -2.17. The van der Waals surface area contributed by atoms with E-state index in [0.29, 0.717) is 0 Å². The van der Waals surface area contributed by atoms with Crippen LogP contribution in [0.15, 0.2) is 30.6 Å². The molecule has 2 rings (SSSR count). The summed E-state index contributed by atoms with van der Waals surface area (Å²) in [5.41, 5.74) is 1.12. The van der Waals surface area contributed by atoms with E-state index < -0.39 is 0 Å². The summed E-state index contributed by atoms with van der Waals surface area (Å²) in [4.78, 5) is 4.25. The van der Waals surface area contributed by atoms with Gasteiger partial charge in [0.2, 0.25) is 0 Å². The maximum Gasteiger partial charge on any atom is 0.138 e. The van der Waals surface area contributed by atoms with E-state index in [1.54, 1.807) is 11.0 Å². The van der Waals surface area contributed by atoms with Gasteiger partial charge in [-0.05, 0) is 30.7 Å². The predicted molar refractivity (Wildman–Crippen MR) is 72.3 cm³/mol. The van der Waals surface area contributed by atoms with Gasteiger partial charge < -0.3 is 5.32 Å². The van der Waals surface area contributed by atoms with Gasteiger partial charge in [-0.3, -0.25) is 4.68 Å². The highest BCUT2D eigenvalue weighted by Gasteiger charge is 2.12. The molecule has 0 aliphatic carbocycles. The molecule has 1 atom stereocenters. The van der Waals surface area contributed by atoms with Crippen LogP contribution in [0.2, 0.25) is 0 Å². The predicted octanol–water partition coefficient (Wildman–Crippen LogP) is 1.72. The summed E-state index contributed by atoms with van der Waals surface area (Å²) in [5, 5.41) is 7.51. The molecule has 0 fully saturated rings. The highest BCUT2D eigenvalue weighted by atomic mass is 19.1. The topological polar surface area (TPSA) is 42.7 Å². The van der Waals surface area contributed by atoms with Gasteiger partial charge in [0, 0.05) is 19.5 Å². The van der Waals surface area contributed by atoms with Crippen LogP contribution in [0.25, 0.3) is 0 Å². The number of nitrogens with one attached hydrogen (secondary N) is 1. The molecule has 1 heterocycles. The van der Waals surface area contributed by atoms with Gasteiger partial charge in [-0.15, -0.1) is 0 Å². The number of aromatic nitrogens is 3. The number of hydrogen-bond donors (Lipinski definition) is 1. The lowest BCUT2D eigenvalue weighted by molar-refractivity contribution is 0.498. The average Bonchev–Trinajstić information content (AvgIpc) is 2.78. The highest BCUT2D eigenvalue weighted by Crippen LogP contribution is 2.08. The maximum absolute atomic E-state index is 12.9. The van der Waals surface area contributed by atoms with Crippen molar-refractivity contribution >= 4 is 0 Å². The van der Waals surface area contributed by atoms with Gasteiger partial charge in [-0.25, -0.2) is 9.37 Å². The van der Waals surface area contributed by atoms with Gasteiger partial charge in [0.25, 0.3) is 0 Å². The van der Waals surface area contributed by atoms with E-state index in [4.69, 9.17) is 0 Å². The standard InChI is InChI=1S/C14H19FN4/c1-3-16-13(9-14-17-10-18-19(14)2)8-11-4-6-12(15)7-5-11/h4-7,10,13,16H,3,8-9H2,1-2H3. The first kappa shape index (κ1) is 13.7. The van der Waals surface area contributed by atoms with Crippen LogP contribution >= 0.6 is 0 Å². The van der Waals surface area contributed by atoms with E-state index >= 15 is 0 Å². The second-order valence-electron chi connectivity index (χ2n) is 4.59. The van der Waals surface area contributed by atoms with Crippen LogP contribution in [-0.4, -0.2) is 27.4 Å². The first-order valence-electron chi connectivity index (χ1n) is 6.49. The molecule has 0 bridgehead atoms. The van der Waals surface area contributed by atoms with E-state index in [1.807, 2.05) is 19.2 Å². The molecule has 1 unspecified atom stereocenters. The maximum atomic E-state index is 12.9. The smallest absolute Gasteiger partial charge is 0.138 e. The molecule has 102 valence electrons. The summed E-state index contributed by atoms with van der Waals surface area (Å²) >= 11 is 0. The Bertz CT molecular complexity index is 506. The van der Waals surface area contributed by atoms with Crippen molar-refractivity contribution in [1.82, 2.24) is 20.1 Å². The van der Waals surface area contributed by atoms with Crippen molar-refractivity contribution in [3.63, 3.8) is 0 Å². The zero-order valence-corrected chi connectivity index (χ0v) is 11.3. The Kier molecular flexibility index (Phi) is 4.63. The monoisotopic (exact) mass is 262 g/mol. The van der Waals surface area contributed by atoms with Crippen molar-refractivity contribution in [3.05, 3.63) is 47.8 Å². The van der Waals surface area contributed by atoms with Crippen LogP contribution in [-0.2, 0) is 19.9 Å². The third-order valence-corrected chi connectivity index (χ3v) is 3.12. The molecule has 1 aromatic heterocycles. The third kappa shape index (κ3) is 3.86. The number of aryl methyl sites for hydroxylation is 1. The molecule has 5 heteroatoms. The molecule has 1 N–H and O–H groups in total. The summed E-state index contributed by atoms with van der Waals surface area (Å²) in [7, 11) is 1.89. The molecule has 1 aromatic carbocycles. The normalized spacial score (nSPS) is 12.6. The fraction of sp³-hybridized carbons (Fsp3) is 0.429. The number of nitrogens with zero attached hydrogens (tertiary/aromatic N) is 3. The van der Waals surface area contributed by atoms with Crippen LogP contribution in [0.1, 0.15) is 18.3 Å². The Morgan fingerprint density at radius 3 is 2.58 bits per heavy atom. The van der Waals surface area contributed by atoms with E-state index in [0.717, 1.165) is 30.8 Å². The number of hydrogen-bond acceptors (Lipinski definition) is 3. The quantitative estimate of drug-likeness (QED) is 0.862. The molecule has 0 spiro atoms. The first-order chi connectivity index (χ1) is 9.19. The van der Waals surface area contributed by atoms with E-state index in [2.05, 4.69) is 22.3 Å². The van der Waals surface area contributed by atoms with E-state index in [1.165, 1.54) is 12.1 Å². The van der Waals surface area contributed by atoms with Crippen LogP contribution in [0.5, 0.6) is 0 Å².